The third-order valence-corrected chi connectivity index (χ3v) is 16.5. The van der Waals surface area contributed by atoms with Crippen molar-refractivity contribution in [2.45, 2.75) is 216 Å². The molecule has 0 fully saturated rings. The number of carboxylic acid groups (broad SMARTS) is 1. The van der Waals surface area contributed by atoms with Gasteiger partial charge in [0.25, 0.3) is 0 Å². The molecule has 2 aromatic rings. The number of nitrogens with zero attached hydrogens (tertiary/aromatic N) is 4. The van der Waals surface area contributed by atoms with Gasteiger partial charge in [0.2, 0.25) is 65.0 Å². The smallest absolute Gasteiger partial charge is 0.326 e. The molecule has 0 radical (unpaired) electrons. The van der Waals surface area contributed by atoms with E-state index in [0.29, 0.717) is 43.4 Å². The van der Waals surface area contributed by atoms with Gasteiger partial charge < -0.3 is 136 Å². The Labute approximate surface area is 621 Å². The normalized spacial score (nSPS) is 14.4. The average Bonchev–Trinajstić information content (AvgIpc) is 1.27. The third kappa shape index (κ3) is 37.8. The maximum atomic E-state index is 14.6. The van der Waals surface area contributed by atoms with E-state index in [1.54, 1.807) is 13.8 Å². The van der Waals surface area contributed by atoms with Crippen molar-refractivity contribution in [2.75, 3.05) is 45.9 Å². The number of nitrogens with two attached hydrogens (primary N) is 10. The van der Waals surface area contributed by atoms with Crippen LogP contribution in [0, 0.1) is 5.92 Å². The van der Waals surface area contributed by atoms with Crippen LogP contribution in [0.3, 0.4) is 0 Å². The average molecular weight is 1510 g/mol. The first kappa shape index (κ1) is 92.6. The summed E-state index contributed by atoms with van der Waals surface area (Å²) in [4.78, 5) is 186. The number of aromatic nitrogens is 2. The van der Waals surface area contributed by atoms with Crippen molar-refractivity contribution in [1.29, 1.82) is 0 Å². The van der Waals surface area contributed by atoms with Crippen LogP contribution in [0.25, 0.3) is 0 Å². The standard InChI is InChI=1S/C66H116N26O15/c1-36(2)30-48(59(102)91-50(32-40-33-77-35-81-40)61(104)87-45(17-7-10-26-69)57(100)85-46(18-12-28-79-65(73)74)56(99)82-37(3)52(95)88-47(63(106)107)19-13-29-80-66(75)76)89-53(96)38(4)83-55(98)43(15-5-8-24-67)86-60(103)49(31-39-20-22-41(94)23-21-39)90-62(105)51(34-93)92-58(101)44(16-6-9-25-68)84-54(97)42(70)14-11-27-78-64(71)72/h20-23,33,35-38,42-51,93-94H,5-19,24-32,34,67-70H2,1-4H3,(H,77,81)(H,82,99)(H,83,98)(H,84,97)(H,85,100)(H,86,103)(H,87,104)(H,88,95)(H,89,96)(H,90,105)(H,91,102)(H,92,101)(H,106,107)(H4,71,72,78)(H4,73,74,79)(H4,75,76,80)/t37-,38-,42-,43-,44-,45-,46-,47-,48-,49-,50-,51-/m0/s1. The van der Waals surface area contributed by atoms with Gasteiger partial charge in [-0.1, -0.05) is 26.0 Å². The zero-order chi connectivity index (χ0) is 80.1. The minimum absolute atomic E-state index is 0.00981. The molecule has 107 heavy (non-hydrogen) atoms. The Morgan fingerprint density at radius 2 is 0.757 bits per heavy atom. The first-order chi connectivity index (χ1) is 50.7. The van der Waals surface area contributed by atoms with Crippen LogP contribution in [-0.2, 0) is 70.4 Å². The van der Waals surface area contributed by atoms with Gasteiger partial charge in [0.15, 0.2) is 17.9 Å². The molecule has 11 amide bonds. The number of H-pyrrole nitrogens is 1. The molecule has 1 aromatic heterocycles. The van der Waals surface area contributed by atoms with Gasteiger partial charge in [-0.15, -0.1) is 0 Å². The second-order valence-corrected chi connectivity index (χ2v) is 26.1. The number of carbonyl (C=O) groups is 12. The Morgan fingerprint density at radius 3 is 1.15 bits per heavy atom. The highest BCUT2D eigenvalue weighted by Gasteiger charge is 2.37. The Hall–Kier alpha value is -10.5. The highest BCUT2D eigenvalue weighted by molar-refractivity contribution is 5.99. The maximum absolute atomic E-state index is 14.6. The second-order valence-electron chi connectivity index (χ2n) is 26.1. The summed E-state index contributed by atoms with van der Waals surface area (Å²) >= 11 is 0. The topological polar surface area (TPSA) is 724 Å². The van der Waals surface area contributed by atoms with Crippen LogP contribution >= 0.6 is 0 Å². The quantitative estimate of drug-likeness (QED) is 0.0166. The van der Waals surface area contributed by atoms with Gasteiger partial charge in [-0.2, -0.15) is 0 Å². The van der Waals surface area contributed by atoms with Crippen LogP contribution in [0.1, 0.15) is 142 Å². The monoisotopic (exact) mass is 1510 g/mol. The number of hydrogen-bond donors (Lipinski definition) is 25. The van der Waals surface area contributed by atoms with Crippen molar-refractivity contribution < 1.29 is 72.9 Å². The first-order valence-corrected chi connectivity index (χ1v) is 35.7. The van der Waals surface area contributed by atoms with E-state index in [9.17, 15) is 72.9 Å². The molecule has 41 nitrogen and oxygen atoms in total. The van der Waals surface area contributed by atoms with Gasteiger partial charge >= 0.3 is 5.97 Å². The fraction of sp³-hybridized carbons (Fsp3) is 0.636. The molecule has 0 aliphatic rings. The van der Waals surface area contributed by atoms with Crippen molar-refractivity contribution in [3.63, 3.8) is 0 Å². The molecule has 0 aliphatic carbocycles. The highest BCUT2D eigenvalue weighted by Crippen LogP contribution is 2.15. The van der Waals surface area contributed by atoms with E-state index in [-0.39, 0.29) is 152 Å². The molecular weight excluding hydrogens is 1400 g/mol. The van der Waals surface area contributed by atoms with E-state index < -0.39 is 150 Å². The fourth-order valence-corrected chi connectivity index (χ4v) is 10.5. The van der Waals surface area contributed by atoms with Gasteiger partial charge in [0.1, 0.15) is 72.2 Å². The summed E-state index contributed by atoms with van der Waals surface area (Å²) < 4.78 is 0. The molecular formula is C66H116N26O15. The molecule has 0 saturated heterocycles. The van der Waals surface area contributed by atoms with E-state index in [0.717, 1.165) is 0 Å². The van der Waals surface area contributed by atoms with Crippen molar-refractivity contribution in [2.24, 2.45) is 78.2 Å². The molecule has 41 heteroatoms. The number of carboxylic acids is 1. The molecule has 0 saturated carbocycles. The second kappa shape index (κ2) is 50.8. The number of amides is 11. The first-order valence-electron chi connectivity index (χ1n) is 35.7. The van der Waals surface area contributed by atoms with E-state index in [2.05, 4.69) is 83.4 Å². The lowest BCUT2D eigenvalue weighted by Gasteiger charge is -2.28. The molecule has 2 rings (SSSR count). The minimum Gasteiger partial charge on any atom is -0.508 e. The lowest BCUT2D eigenvalue weighted by molar-refractivity contribution is -0.142. The number of aliphatic carboxylic acids is 1. The van der Waals surface area contributed by atoms with E-state index in [1.807, 2.05) is 0 Å². The van der Waals surface area contributed by atoms with Gasteiger partial charge in [-0.05, 0) is 160 Å². The summed E-state index contributed by atoms with van der Waals surface area (Å²) in [5, 5.41) is 58.7. The third-order valence-electron chi connectivity index (χ3n) is 16.5. The number of benzene rings is 1. The van der Waals surface area contributed by atoms with Crippen LogP contribution in [0.4, 0.5) is 0 Å². The van der Waals surface area contributed by atoms with Gasteiger partial charge in [0, 0.05) is 44.4 Å². The van der Waals surface area contributed by atoms with Crippen molar-refractivity contribution in [1.82, 2.24) is 68.5 Å². The number of nitrogens with one attached hydrogen (secondary N) is 12. The number of carbonyl (C=O) groups excluding carboxylic acids is 11. The number of aromatic hydroxyl groups is 1. The molecule has 0 aliphatic heterocycles. The zero-order valence-electron chi connectivity index (χ0n) is 61.5. The number of guanidine groups is 3. The lowest BCUT2D eigenvalue weighted by Crippen LogP contribution is -2.61. The van der Waals surface area contributed by atoms with Crippen molar-refractivity contribution in [3.05, 3.63) is 48.0 Å². The summed E-state index contributed by atoms with van der Waals surface area (Å²) in [6.45, 7) is 6.07. The number of hydrogen-bond acceptors (Lipinski definition) is 22. The van der Waals surface area contributed by atoms with E-state index >= 15 is 0 Å². The lowest BCUT2D eigenvalue weighted by atomic mass is 10.0. The van der Waals surface area contributed by atoms with Gasteiger partial charge in [0.05, 0.1) is 19.0 Å². The highest BCUT2D eigenvalue weighted by atomic mass is 16.4. The molecule has 35 N–H and O–H groups in total. The summed E-state index contributed by atoms with van der Waals surface area (Å²) in [5.41, 5.74) is 56.7. The Bertz CT molecular complexity index is 3220. The van der Waals surface area contributed by atoms with Crippen molar-refractivity contribution >= 4 is 88.8 Å². The summed E-state index contributed by atoms with van der Waals surface area (Å²) in [7, 11) is 0. The van der Waals surface area contributed by atoms with Crippen LogP contribution in [0.2, 0.25) is 0 Å². The number of aliphatic imine (C=N–C) groups is 3. The van der Waals surface area contributed by atoms with E-state index in [1.165, 1.54) is 50.6 Å². The molecule has 0 unspecified atom stereocenters. The molecule has 600 valence electrons. The summed E-state index contributed by atoms with van der Waals surface area (Å²) in [6, 6.07) is -11.2. The number of imidazole rings is 1. The van der Waals surface area contributed by atoms with Crippen LogP contribution in [0.5, 0.6) is 5.75 Å². The van der Waals surface area contributed by atoms with Crippen LogP contribution in [-0.4, -0.2) is 232 Å². The Kier molecular flexibility index (Phi) is 44.0. The predicted molar refractivity (Wildman–Crippen MR) is 397 cm³/mol. The largest absolute Gasteiger partial charge is 0.508 e. The molecule has 0 bridgehead atoms. The zero-order valence-corrected chi connectivity index (χ0v) is 61.5. The summed E-state index contributed by atoms with van der Waals surface area (Å²) in [5.74, 6) is -12.1. The molecule has 1 heterocycles. The van der Waals surface area contributed by atoms with Crippen LogP contribution < -0.4 is 116 Å². The number of phenols is 1. The number of unbranched alkanes of at least 4 members (excludes halogenated alkanes) is 3. The van der Waals surface area contributed by atoms with Gasteiger partial charge in [-0.3, -0.25) is 67.7 Å². The number of aromatic amines is 1. The van der Waals surface area contributed by atoms with Gasteiger partial charge in [-0.25, -0.2) is 9.78 Å². The molecule has 0 spiro atoms. The van der Waals surface area contributed by atoms with Crippen LogP contribution in [0.15, 0.2) is 51.8 Å². The predicted octanol–water partition coefficient (Wildman–Crippen LogP) is -7.73. The number of aliphatic hydroxyl groups is 1. The van der Waals surface area contributed by atoms with Crippen molar-refractivity contribution in [3.8, 4) is 5.75 Å². The maximum Gasteiger partial charge on any atom is 0.326 e. The molecule has 12 atom stereocenters. The summed E-state index contributed by atoms with van der Waals surface area (Å²) in [6.07, 6.45) is 4.89. The SMILES string of the molecule is CC(C)C[C@H](NC(=O)[C@H](C)NC(=O)[C@H](CCCCN)NC(=O)[C@H](Cc1ccc(O)cc1)NC(=O)[C@H](CO)NC(=O)[C@H](CCCCN)NC(=O)[C@@H](N)CCCN=C(N)N)C(=O)N[C@@H](Cc1cnc[nH]1)C(=O)N[C@@H](CCCCN)C(=O)N[C@@H](CCCN=C(N)N)C(=O)N[C@@H](C)C(=O)N[C@@H](CCCN=C(N)N)C(=O)O. The molecule has 1 aromatic carbocycles. The number of rotatable bonds is 54. The fourth-order valence-electron chi connectivity index (χ4n) is 10.5. The number of aliphatic hydroxyl groups excluding tert-OH is 1. The van der Waals surface area contributed by atoms with E-state index in [4.69, 9.17) is 57.3 Å². The Morgan fingerprint density at radius 1 is 0.421 bits per heavy atom. The minimum atomic E-state index is -1.71. The number of phenolic OH excluding ortho intramolecular Hbond substituents is 1. The Balaban J connectivity index is 2.47.